The van der Waals surface area contributed by atoms with E-state index in [4.69, 9.17) is 17.3 Å². The first-order chi connectivity index (χ1) is 8.56. The normalized spacial score (nSPS) is 23.0. The summed E-state index contributed by atoms with van der Waals surface area (Å²) in [5.74, 6) is 0.0536. The lowest BCUT2D eigenvalue weighted by Crippen LogP contribution is -2.29. The molecular formula is C12H16ClN3O2. The number of anilines is 1. The van der Waals surface area contributed by atoms with Gasteiger partial charge in [0, 0.05) is 6.54 Å². The standard InChI is InChI=1S/C12H16ClN3O2/c13-11-10(4-8(14)6-15-11)12(18)16-5-7-1-2-9(17)3-7/h4,6-7,9,17H,1-3,5,14H2,(H,16,18). The Hall–Kier alpha value is -1.33. The molecule has 1 aliphatic carbocycles. The van der Waals surface area contributed by atoms with Gasteiger partial charge in [0.05, 0.1) is 23.6 Å². The zero-order valence-corrected chi connectivity index (χ0v) is 10.7. The summed E-state index contributed by atoms with van der Waals surface area (Å²) in [6, 6.07) is 1.51. The highest BCUT2D eigenvalue weighted by molar-refractivity contribution is 6.32. The zero-order chi connectivity index (χ0) is 13.1. The van der Waals surface area contributed by atoms with Crippen molar-refractivity contribution in [2.24, 2.45) is 5.92 Å². The highest BCUT2D eigenvalue weighted by Gasteiger charge is 2.23. The van der Waals surface area contributed by atoms with Gasteiger partial charge in [0.2, 0.25) is 0 Å². The van der Waals surface area contributed by atoms with Crippen molar-refractivity contribution in [1.82, 2.24) is 10.3 Å². The first-order valence-electron chi connectivity index (χ1n) is 5.93. The van der Waals surface area contributed by atoms with Gasteiger partial charge in [-0.25, -0.2) is 4.98 Å². The van der Waals surface area contributed by atoms with Gasteiger partial charge in [0.25, 0.3) is 5.91 Å². The van der Waals surface area contributed by atoms with Crippen molar-refractivity contribution in [3.8, 4) is 0 Å². The number of nitrogens with one attached hydrogen (secondary N) is 1. The Morgan fingerprint density at radius 2 is 2.39 bits per heavy atom. The number of pyridine rings is 1. The molecule has 2 atom stereocenters. The fourth-order valence-corrected chi connectivity index (χ4v) is 2.38. The molecule has 1 aromatic rings. The first-order valence-corrected chi connectivity index (χ1v) is 6.31. The number of hydrogen-bond donors (Lipinski definition) is 3. The number of carbonyl (C=O) groups excluding carboxylic acids is 1. The summed E-state index contributed by atoms with van der Waals surface area (Å²) in [5, 5.41) is 12.3. The summed E-state index contributed by atoms with van der Waals surface area (Å²) < 4.78 is 0. The van der Waals surface area contributed by atoms with Crippen molar-refractivity contribution >= 4 is 23.2 Å². The topological polar surface area (TPSA) is 88.2 Å². The van der Waals surface area contributed by atoms with E-state index in [0.717, 1.165) is 19.3 Å². The largest absolute Gasteiger partial charge is 0.397 e. The maximum atomic E-state index is 11.9. The van der Waals surface area contributed by atoms with Gasteiger partial charge < -0.3 is 16.2 Å². The highest BCUT2D eigenvalue weighted by Crippen LogP contribution is 2.24. The Kier molecular flexibility index (Phi) is 4.04. The Morgan fingerprint density at radius 3 is 3.06 bits per heavy atom. The number of nitrogens with zero attached hydrogens (tertiary/aromatic N) is 1. The van der Waals surface area contributed by atoms with Crippen LogP contribution in [-0.2, 0) is 0 Å². The predicted octanol–water partition coefficient (Wildman–Crippen LogP) is 1.21. The number of halogens is 1. The van der Waals surface area contributed by atoms with Crippen LogP contribution in [0.1, 0.15) is 29.6 Å². The lowest BCUT2D eigenvalue weighted by atomic mass is 10.1. The number of nitrogens with two attached hydrogens (primary N) is 1. The van der Waals surface area contributed by atoms with E-state index >= 15 is 0 Å². The average Bonchev–Trinajstić information content (AvgIpc) is 2.75. The second-order valence-electron chi connectivity index (χ2n) is 4.65. The van der Waals surface area contributed by atoms with E-state index in [0.29, 0.717) is 18.2 Å². The summed E-state index contributed by atoms with van der Waals surface area (Å²) in [7, 11) is 0. The monoisotopic (exact) mass is 269 g/mol. The third kappa shape index (κ3) is 3.11. The van der Waals surface area contributed by atoms with Crippen molar-refractivity contribution in [3.05, 3.63) is 23.0 Å². The Bertz CT molecular complexity index is 453. The van der Waals surface area contributed by atoms with Crippen molar-refractivity contribution in [2.45, 2.75) is 25.4 Å². The van der Waals surface area contributed by atoms with E-state index < -0.39 is 0 Å². The number of amides is 1. The summed E-state index contributed by atoms with van der Waals surface area (Å²) in [4.78, 5) is 15.7. The lowest BCUT2D eigenvalue weighted by Gasteiger charge is -2.11. The van der Waals surface area contributed by atoms with Gasteiger partial charge in [0.1, 0.15) is 5.15 Å². The third-order valence-corrected chi connectivity index (χ3v) is 3.47. The van der Waals surface area contributed by atoms with Gasteiger partial charge in [-0.05, 0) is 31.2 Å². The van der Waals surface area contributed by atoms with Crippen LogP contribution in [-0.4, -0.2) is 28.6 Å². The summed E-state index contributed by atoms with van der Waals surface area (Å²) in [6.45, 7) is 0.543. The smallest absolute Gasteiger partial charge is 0.254 e. The number of aromatic nitrogens is 1. The number of hydrogen-bond acceptors (Lipinski definition) is 4. The summed E-state index contributed by atoms with van der Waals surface area (Å²) >= 11 is 5.84. The maximum absolute atomic E-state index is 11.9. The van der Waals surface area contributed by atoms with Crippen molar-refractivity contribution < 1.29 is 9.90 Å². The molecule has 18 heavy (non-hydrogen) atoms. The van der Waals surface area contributed by atoms with Crippen LogP contribution in [0.25, 0.3) is 0 Å². The molecule has 0 aliphatic heterocycles. The van der Waals surface area contributed by atoms with E-state index in [1.54, 1.807) is 0 Å². The molecular weight excluding hydrogens is 254 g/mol. The van der Waals surface area contributed by atoms with Gasteiger partial charge in [-0.1, -0.05) is 11.6 Å². The molecule has 1 heterocycles. The molecule has 1 aromatic heterocycles. The minimum atomic E-state index is -0.277. The van der Waals surface area contributed by atoms with Gasteiger partial charge in [-0.15, -0.1) is 0 Å². The molecule has 2 rings (SSSR count). The first kappa shape index (κ1) is 13.1. The SMILES string of the molecule is Nc1cnc(Cl)c(C(=O)NCC2CCC(O)C2)c1. The van der Waals surface area contributed by atoms with Gasteiger partial charge in [-0.3, -0.25) is 4.79 Å². The molecule has 1 fully saturated rings. The van der Waals surface area contributed by atoms with Crippen LogP contribution in [0.4, 0.5) is 5.69 Å². The van der Waals surface area contributed by atoms with Crippen LogP contribution in [0.2, 0.25) is 5.15 Å². The number of carbonyl (C=O) groups is 1. The van der Waals surface area contributed by atoms with Crippen molar-refractivity contribution in [3.63, 3.8) is 0 Å². The Morgan fingerprint density at radius 1 is 1.61 bits per heavy atom. The molecule has 1 aliphatic rings. The molecule has 0 radical (unpaired) electrons. The molecule has 0 spiro atoms. The van der Waals surface area contributed by atoms with Crippen LogP contribution >= 0.6 is 11.6 Å². The summed E-state index contributed by atoms with van der Waals surface area (Å²) in [5.41, 5.74) is 6.26. The Labute approximate surface area is 110 Å². The molecule has 1 amide bonds. The summed E-state index contributed by atoms with van der Waals surface area (Å²) in [6.07, 6.45) is 3.66. The second kappa shape index (κ2) is 5.54. The van der Waals surface area contributed by atoms with E-state index in [9.17, 15) is 9.90 Å². The fourth-order valence-electron chi connectivity index (χ4n) is 2.19. The quantitative estimate of drug-likeness (QED) is 0.720. The molecule has 4 N–H and O–H groups in total. The van der Waals surface area contributed by atoms with Crippen molar-refractivity contribution in [1.29, 1.82) is 0 Å². The molecule has 98 valence electrons. The molecule has 0 aromatic carbocycles. The third-order valence-electron chi connectivity index (χ3n) is 3.17. The Balaban J connectivity index is 1.93. The van der Waals surface area contributed by atoms with Crippen LogP contribution in [0.3, 0.4) is 0 Å². The minimum absolute atomic E-state index is 0.146. The number of aliphatic hydroxyl groups is 1. The number of nitrogen functional groups attached to an aromatic ring is 1. The zero-order valence-electron chi connectivity index (χ0n) is 9.90. The van der Waals surface area contributed by atoms with Crippen LogP contribution in [0, 0.1) is 5.92 Å². The molecule has 5 nitrogen and oxygen atoms in total. The van der Waals surface area contributed by atoms with Gasteiger partial charge >= 0.3 is 0 Å². The van der Waals surface area contributed by atoms with Crippen LogP contribution in [0.5, 0.6) is 0 Å². The lowest BCUT2D eigenvalue weighted by molar-refractivity contribution is 0.0945. The van der Waals surface area contributed by atoms with Gasteiger partial charge in [0.15, 0.2) is 0 Å². The van der Waals surface area contributed by atoms with Gasteiger partial charge in [-0.2, -0.15) is 0 Å². The average molecular weight is 270 g/mol. The van der Waals surface area contributed by atoms with E-state index in [1.807, 2.05) is 0 Å². The van der Waals surface area contributed by atoms with E-state index in [2.05, 4.69) is 10.3 Å². The van der Waals surface area contributed by atoms with E-state index in [1.165, 1.54) is 12.3 Å². The van der Waals surface area contributed by atoms with Crippen LogP contribution in [0.15, 0.2) is 12.3 Å². The highest BCUT2D eigenvalue weighted by atomic mass is 35.5. The maximum Gasteiger partial charge on any atom is 0.254 e. The molecule has 0 bridgehead atoms. The minimum Gasteiger partial charge on any atom is -0.397 e. The fraction of sp³-hybridized carbons (Fsp3) is 0.500. The molecule has 2 unspecified atom stereocenters. The van der Waals surface area contributed by atoms with Crippen molar-refractivity contribution in [2.75, 3.05) is 12.3 Å². The molecule has 1 saturated carbocycles. The number of aliphatic hydroxyl groups excluding tert-OH is 1. The molecule has 0 saturated heterocycles. The molecule has 6 heteroatoms. The number of rotatable bonds is 3. The second-order valence-corrected chi connectivity index (χ2v) is 5.01. The predicted molar refractivity (Wildman–Crippen MR) is 69.3 cm³/mol. The van der Waals surface area contributed by atoms with E-state index in [-0.39, 0.29) is 22.7 Å². The van der Waals surface area contributed by atoms with Crippen LogP contribution < -0.4 is 11.1 Å².